The van der Waals surface area contributed by atoms with E-state index >= 15 is 0 Å². The molecule has 0 unspecified atom stereocenters. The average molecular weight is 584 g/mol. The minimum Gasteiger partial charge on any atom is -0.466 e. The summed E-state index contributed by atoms with van der Waals surface area (Å²) >= 11 is 0. The molecular formula is C34H65NO6. The lowest BCUT2D eigenvalue weighted by Crippen LogP contribution is -2.13. The summed E-state index contributed by atoms with van der Waals surface area (Å²) in [4.78, 5) is 35.0. The number of ether oxygens (including phenoxy) is 3. The number of esters is 3. The molecule has 0 atom stereocenters. The zero-order chi connectivity index (χ0) is 30.1. The lowest BCUT2D eigenvalue weighted by Gasteiger charge is -2.06. The van der Waals surface area contributed by atoms with Crippen molar-refractivity contribution in [2.45, 2.75) is 174 Å². The quantitative estimate of drug-likeness (QED) is 0.0479. The highest BCUT2D eigenvalue weighted by molar-refractivity contribution is 5.69. The van der Waals surface area contributed by atoms with E-state index in [9.17, 15) is 14.4 Å². The molecular weight excluding hydrogens is 518 g/mol. The van der Waals surface area contributed by atoms with Crippen LogP contribution < -0.4 is 5.73 Å². The fourth-order valence-electron chi connectivity index (χ4n) is 4.85. The molecule has 0 aliphatic carbocycles. The van der Waals surface area contributed by atoms with Gasteiger partial charge in [-0.25, -0.2) is 0 Å². The van der Waals surface area contributed by atoms with Crippen LogP contribution in [0.5, 0.6) is 0 Å². The summed E-state index contributed by atoms with van der Waals surface area (Å²) < 4.78 is 15.7. The molecule has 0 spiro atoms. The van der Waals surface area contributed by atoms with Crippen LogP contribution >= 0.6 is 0 Å². The molecule has 0 aromatic rings. The maximum atomic E-state index is 11.9. The van der Waals surface area contributed by atoms with Crippen molar-refractivity contribution in [3.63, 3.8) is 0 Å². The number of hydrogen-bond donors (Lipinski definition) is 1. The maximum Gasteiger partial charge on any atom is 0.305 e. The van der Waals surface area contributed by atoms with Gasteiger partial charge < -0.3 is 19.9 Å². The zero-order valence-electron chi connectivity index (χ0n) is 26.7. The van der Waals surface area contributed by atoms with E-state index in [2.05, 4.69) is 6.92 Å². The molecule has 0 aromatic carbocycles. The van der Waals surface area contributed by atoms with E-state index in [4.69, 9.17) is 19.9 Å². The molecule has 0 heterocycles. The fraction of sp³-hybridized carbons (Fsp3) is 0.912. The van der Waals surface area contributed by atoms with Crippen molar-refractivity contribution in [2.24, 2.45) is 5.73 Å². The van der Waals surface area contributed by atoms with E-state index in [0.29, 0.717) is 45.6 Å². The molecule has 0 aromatic heterocycles. The normalized spacial score (nSPS) is 11.0. The molecule has 0 amide bonds. The highest BCUT2D eigenvalue weighted by atomic mass is 16.5. The first-order valence-electron chi connectivity index (χ1n) is 17.3. The van der Waals surface area contributed by atoms with Gasteiger partial charge in [0, 0.05) is 25.8 Å². The van der Waals surface area contributed by atoms with Crippen LogP contribution in [-0.2, 0) is 28.6 Å². The SMILES string of the molecule is CCCCCCCCCC(=O)OCCCCCCCCCCC(=O)OCCCCCCCCCCC(=O)OCCN. The number of hydrogen-bond acceptors (Lipinski definition) is 7. The van der Waals surface area contributed by atoms with Gasteiger partial charge >= 0.3 is 17.9 Å². The summed E-state index contributed by atoms with van der Waals surface area (Å²) in [6, 6.07) is 0. The Morgan fingerprint density at radius 3 is 0.976 bits per heavy atom. The number of rotatable bonds is 32. The third-order valence-corrected chi connectivity index (χ3v) is 7.44. The molecule has 242 valence electrons. The monoisotopic (exact) mass is 583 g/mol. The smallest absolute Gasteiger partial charge is 0.305 e. The van der Waals surface area contributed by atoms with Crippen molar-refractivity contribution in [3.8, 4) is 0 Å². The van der Waals surface area contributed by atoms with Crippen molar-refractivity contribution in [2.75, 3.05) is 26.4 Å². The predicted octanol–water partition coefficient (Wildman–Crippen LogP) is 8.74. The second kappa shape index (κ2) is 32.9. The Labute approximate surface area is 252 Å². The average Bonchev–Trinajstić information content (AvgIpc) is 2.97. The first-order chi connectivity index (χ1) is 20.1. The van der Waals surface area contributed by atoms with E-state index in [1.165, 1.54) is 77.0 Å². The Bertz CT molecular complexity index is 598. The summed E-state index contributed by atoms with van der Waals surface area (Å²) in [5.41, 5.74) is 5.31. The van der Waals surface area contributed by atoms with Crippen LogP contribution in [-0.4, -0.2) is 44.3 Å². The standard InChI is InChI=1S/C34H65NO6/c1-2-3-4-5-10-15-20-25-32(36)39-29-23-18-13-8-6-11-16-21-26-33(37)40-30-24-19-14-9-7-12-17-22-27-34(38)41-31-28-35/h2-31,35H2,1H3. The maximum absolute atomic E-state index is 11.9. The third kappa shape index (κ3) is 32.7. The van der Waals surface area contributed by atoms with E-state index in [0.717, 1.165) is 70.6 Å². The highest BCUT2D eigenvalue weighted by Crippen LogP contribution is 2.13. The topological polar surface area (TPSA) is 105 Å². The molecule has 7 heteroatoms. The van der Waals surface area contributed by atoms with Gasteiger partial charge in [-0.1, -0.05) is 122 Å². The second-order valence-electron chi connectivity index (χ2n) is 11.5. The van der Waals surface area contributed by atoms with Gasteiger partial charge in [0.25, 0.3) is 0 Å². The number of unbranched alkanes of at least 4 members (excludes halogenated alkanes) is 20. The third-order valence-electron chi connectivity index (χ3n) is 7.44. The Balaban J connectivity index is 3.26. The molecule has 0 fully saturated rings. The first kappa shape index (κ1) is 39.4. The molecule has 7 nitrogen and oxygen atoms in total. The summed E-state index contributed by atoms with van der Waals surface area (Å²) in [7, 11) is 0. The fourth-order valence-corrected chi connectivity index (χ4v) is 4.85. The van der Waals surface area contributed by atoms with Gasteiger partial charge in [0.2, 0.25) is 0 Å². The Kier molecular flexibility index (Phi) is 31.6. The van der Waals surface area contributed by atoms with Crippen LogP contribution in [0.3, 0.4) is 0 Å². The highest BCUT2D eigenvalue weighted by Gasteiger charge is 2.05. The van der Waals surface area contributed by atoms with Gasteiger partial charge in [-0.3, -0.25) is 14.4 Å². The van der Waals surface area contributed by atoms with Crippen molar-refractivity contribution >= 4 is 17.9 Å². The summed E-state index contributed by atoms with van der Waals surface area (Å²) in [6.07, 6.45) is 27.7. The molecule has 41 heavy (non-hydrogen) atoms. The number of nitrogens with two attached hydrogens (primary N) is 1. The molecule has 0 rings (SSSR count). The number of carbonyl (C=O) groups excluding carboxylic acids is 3. The van der Waals surface area contributed by atoms with Gasteiger partial charge in [0.05, 0.1) is 13.2 Å². The lowest BCUT2D eigenvalue weighted by atomic mass is 10.1. The Morgan fingerprint density at radius 2 is 0.659 bits per heavy atom. The van der Waals surface area contributed by atoms with Crippen LogP contribution in [0.15, 0.2) is 0 Å². The van der Waals surface area contributed by atoms with Crippen molar-refractivity contribution in [1.82, 2.24) is 0 Å². The van der Waals surface area contributed by atoms with Gasteiger partial charge in [-0.2, -0.15) is 0 Å². The summed E-state index contributed by atoms with van der Waals surface area (Å²) in [6.45, 7) is 4.03. The molecule has 0 saturated heterocycles. The Hall–Kier alpha value is -1.63. The van der Waals surface area contributed by atoms with Crippen LogP contribution in [0, 0.1) is 0 Å². The molecule has 2 N–H and O–H groups in total. The van der Waals surface area contributed by atoms with Gasteiger partial charge in [0.15, 0.2) is 0 Å². The largest absolute Gasteiger partial charge is 0.466 e. The van der Waals surface area contributed by atoms with Gasteiger partial charge in [-0.05, 0) is 32.1 Å². The summed E-state index contributed by atoms with van der Waals surface area (Å²) in [5, 5.41) is 0. The van der Waals surface area contributed by atoms with Crippen LogP contribution in [0.1, 0.15) is 174 Å². The van der Waals surface area contributed by atoms with Crippen LogP contribution in [0.4, 0.5) is 0 Å². The molecule has 0 aliphatic heterocycles. The van der Waals surface area contributed by atoms with Crippen molar-refractivity contribution < 1.29 is 28.6 Å². The van der Waals surface area contributed by atoms with E-state index in [-0.39, 0.29) is 17.9 Å². The molecule has 0 bridgehead atoms. The van der Waals surface area contributed by atoms with E-state index in [1.54, 1.807) is 0 Å². The van der Waals surface area contributed by atoms with Crippen molar-refractivity contribution in [1.29, 1.82) is 0 Å². The first-order valence-corrected chi connectivity index (χ1v) is 17.3. The van der Waals surface area contributed by atoms with E-state index < -0.39 is 0 Å². The van der Waals surface area contributed by atoms with Crippen LogP contribution in [0.25, 0.3) is 0 Å². The molecule has 0 saturated carbocycles. The minimum absolute atomic E-state index is 0.0307. The van der Waals surface area contributed by atoms with E-state index in [1.807, 2.05) is 0 Å². The molecule has 0 radical (unpaired) electrons. The molecule has 0 aliphatic rings. The predicted molar refractivity (Wildman–Crippen MR) is 168 cm³/mol. The zero-order valence-corrected chi connectivity index (χ0v) is 26.7. The van der Waals surface area contributed by atoms with Gasteiger partial charge in [0.1, 0.15) is 6.61 Å². The lowest BCUT2D eigenvalue weighted by molar-refractivity contribution is -0.144. The Morgan fingerprint density at radius 1 is 0.390 bits per heavy atom. The van der Waals surface area contributed by atoms with Crippen molar-refractivity contribution in [3.05, 3.63) is 0 Å². The second-order valence-corrected chi connectivity index (χ2v) is 11.5. The number of carbonyl (C=O) groups is 3. The van der Waals surface area contributed by atoms with Gasteiger partial charge in [-0.15, -0.1) is 0 Å². The van der Waals surface area contributed by atoms with Crippen LogP contribution in [0.2, 0.25) is 0 Å². The minimum atomic E-state index is -0.141. The summed E-state index contributed by atoms with van der Waals surface area (Å²) in [5.74, 6) is -0.230.